The van der Waals surface area contributed by atoms with Gasteiger partial charge in [-0.3, -0.25) is 15.0 Å². The maximum Gasteiger partial charge on any atom is 0.0751 e. The van der Waals surface area contributed by atoms with Crippen LogP contribution in [0.2, 0.25) is 0 Å². The number of pyridine rings is 2. The Hall–Kier alpha value is -2.46. The van der Waals surface area contributed by atoms with Gasteiger partial charge >= 0.3 is 0 Å². The summed E-state index contributed by atoms with van der Waals surface area (Å²) < 4.78 is 0. The molecule has 0 aliphatic rings. The summed E-state index contributed by atoms with van der Waals surface area (Å²) in [6.45, 7) is 3.78. The Bertz CT molecular complexity index is 534. The van der Waals surface area contributed by atoms with Gasteiger partial charge in [0.05, 0.1) is 17.6 Å². The first-order valence-corrected chi connectivity index (χ1v) is 5.51. The van der Waals surface area contributed by atoms with E-state index in [1.165, 1.54) is 5.01 Å². The van der Waals surface area contributed by atoms with Gasteiger partial charge in [0, 0.05) is 24.2 Å². The van der Waals surface area contributed by atoms with E-state index >= 15 is 0 Å². The van der Waals surface area contributed by atoms with Gasteiger partial charge in [0.2, 0.25) is 0 Å². The summed E-state index contributed by atoms with van der Waals surface area (Å²) in [5.41, 5.74) is 2.47. The third-order valence-corrected chi connectivity index (χ3v) is 2.40. The summed E-state index contributed by atoms with van der Waals surface area (Å²) >= 11 is 0. The molecule has 0 saturated heterocycles. The van der Waals surface area contributed by atoms with Crippen molar-refractivity contribution in [1.82, 2.24) is 9.97 Å². The number of hydrazine groups is 1. The molecule has 4 heteroatoms. The van der Waals surface area contributed by atoms with Crippen LogP contribution < -0.4 is 10.9 Å². The number of nitrogens with zero attached hydrogens (tertiary/aromatic N) is 3. The third kappa shape index (κ3) is 2.81. The van der Waals surface area contributed by atoms with Crippen molar-refractivity contribution in [2.24, 2.45) is 5.84 Å². The topological polar surface area (TPSA) is 55.0 Å². The largest absolute Gasteiger partial charge is 0.285 e. The Balaban J connectivity index is 2.28. The smallest absolute Gasteiger partial charge is 0.0751 e. The zero-order valence-corrected chi connectivity index (χ0v) is 9.90. The molecule has 4 nitrogen and oxygen atoms in total. The molecule has 0 bridgehead atoms. The third-order valence-electron chi connectivity index (χ3n) is 2.40. The van der Waals surface area contributed by atoms with Crippen LogP contribution in [-0.4, -0.2) is 9.97 Å². The molecule has 0 amide bonds. The van der Waals surface area contributed by atoms with Crippen LogP contribution >= 0.6 is 0 Å². The van der Waals surface area contributed by atoms with Gasteiger partial charge in [-0.25, -0.2) is 5.84 Å². The molecule has 0 radical (unpaired) electrons. The van der Waals surface area contributed by atoms with Gasteiger partial charge < -0.3 is 0 Å². The predicted octanol–water partition coefficient (Wildman–Crippen LogP) is 2.38. The molecule has 2 N–H and O–H groups in total. The summed E-state index contributed by atoms with van der Waals surface area (Å²) in [4.78, 5) is 8.28. The number of nitrogens with two attached hydrogens (primary N) is 1. The zero-order valence-electron chi connectivity index (χ0n) is 9.90. The van der Waals surface area contributed by atoms with Crippen molar-refractivity contribution >= 4 is 11.3 Å². The number of allylic oxidation sites excluding steroid dienone is 2. The monoisotopic (exact) mass is 238 g/mol. The van der Waals surface area contributed by atoms with Gasteiger partial charge in [-0.05, 0) is 24.3 Å². The van der Waals surface area contributed by atoms with Crippen LogP contribution in [0.4, 0.5) is 5.69 Å². The highest BCUT2D eigenvalue weighted by molar-refractivity contribution is 5.73. The minimum Gasteiger partial charge on any atom is -0.285 e. The number of hydrogen-bond donors (Lipinski definition) is 1. The van der Waals surface area contributed by atoms with Crippen molar-refractivity contribution in [3.8, 4) is 0 Å². The second kappa shape index (κ2) is 5.75. The molecule has 2 rings (SSSR count). The molecule has 2 aromatic rings. The highest BCUT2D eigenvalue weighted by Gasteiger charge is 2.02. The normalized spacial score (nSPS) is 11.1. The van der Waals surface area contributed by atoms with Crippen LogP contribution in [-0.2, 0) is 0 Å². The van der Waals surface area contributed by atoms with Crippen LogP contribution in [0.25, 0.3) is 5.57 Å². The standard InChI is InChI=1S/C14H14N4/c1-2-12(14-7-3-4-9-17-14)11-18(15)13-6-5-8-16-10-13/h2-11H,1,15H2/b12-11+. The first-order chi connectivity index (χ1) is 8.81. The average Bonchev–Trinajstić information content (AvgIpc) is 2.46. The molecular formula is C14H14N4. The SMILES string of the molecule is C=C/C(=C\N(N)c1cccnc1)c1ccccn1. The maximum absolute atomic E-state index is 5.95. The summed E-state index contributed by atoms with van der Waals surface area (Å²) in [6, 6.07) is 9.40. The minimum atomic E-state index is 0.799. The van der Waals surface area contributed by atoms with E-state index in [0.717, 1.165) is 17.0 Å². The van der Waals surface area contributed by atoms with Crippen molar-refractivity contribution in [1.29, 1.82) is 0 Å². The lowest BCUT2D eigenvalue weighted by Crippen LogP contribution is -2.24. The van der Waals surface area contributed by atoms with Crippen molar-refractivity contribution in [3.05, 3.63) is 73.5 Å². The van der Waals surface area contributed by atoms with E-state index in [1.54, 1.807) is 30.9 Å². The van der Waals surface area contributed by atoms with Gasteiger partial charge in [0.15, 0.2) is 0 Å². The lowest BCUT2D eigenvalue weighted by Gasteiger charge is -2.14. The lowest BCUT2D eigenvalue weighted by atomic mass is 10.2. The van der Waals surface area contributed by atoms with Crippen molar-refractivity contribution < 1.29 is 0 Å². The number of aromatic nitrogens is 2. The molecule has 0 aliphatic carbocycles. The van der Waals surface area contributed by atoms with Crippen molar-refractivity contribution in [2.45, 2.75) is 0 Å². The molecule has 18 heavy (non-hydrogen) atoms. The predicted molar refractivity (Wildman–Crippen MR) is 73.3 cm³/mol. The van der Waals surface area contributed by atoms with E-state index in [2.05, 4.69) is 16.5 Å². The molecular weight excluding hydrogens is 224 g/mol. The van der Waals surface area contributed by atoms with Crippen molar-refractivity contribution in [2.75, 3.05) is 5.01 Å². The second-order valence-electron chi connectivity index (χ2n) is 3.62. The lowest BCUT2D eigenvalue weighted by molar-refractivity contribution is 1.06. The van der Waals surface area contributed by atoms with Crippen LogP contribution in [0.1, 0.15) is 5.69 Å². The minimum absolute atomic E-state index is 0.799. The van der Waals surface area contributed by atoms with E-state index < -0.39 is 0 Å². The fourth-order valence-corrected chi connectivity index (χ4v) is 1.49. The molecule has 2 heterocycles. The Kier molecular flexibility index (Phi) is 3.83. The molecule has 2 aromatic heterocycles. The Morgan fingerprint density at radius 1 is 1.22 bits per heavy atom. The van der Waals surface area contributed by atoms with Gasteiger partial charge in [0.1, 0.15) is 0 Å². The van der Waals surface area contributed by atoms with Crippen LogP contribution in [0, 0.1) is 0 Å². The highest BCUT2D eigenvalue weighted by atomic mass is 15.4. The summed E-state index contributed by atoms with van der Waals surface area (Å²) in [5.74, 6) is 5.95. The van der Waals surface area contributed by atoms with Crippen LogP contribution in [0.5, 0.6) is 0 Å². The molecule has 0 spiro atoms. The number of hydrogen-bond acceptors (Lipinski definition) is 4. The second-order valence-corrected chi connectivity index (χ2v) is 3.62. The molecule has 0 aliphatic heterocycles. The van der Waals surface area contributed by atoms with Crippen molar-refractivity contribution in [3.63, 3.8) is 0 Å². The summed E-state index contributed by atoms with van der Waals surface area (Å²) in [6.07, 6.45) is 8.62. The fraction of sp³-hybridized carbons (Fsp3) is 0. The maximum atomic E-state index is 5.95. The summed E-state index contributed by atoms with van der Waals surface area (Å²) in [7, 11) is 0. The average molecular weight is 238 g/mol. The van der Waals surface area contributed by atoms with E-state index in [9.17, 15) is 0 Å². The molecule has 0 saturated carbocycles. The van der Waals surface area contributed by atoms with Crippen LogP contribution in [0.3, 0.4) is 0 Å². The molecule has 0 fully saturated rings. The molecule has 0 aromatic carbocycles. The summed E-state index contributed by atoms with van der Waals surface area (Å²) in [5, 5.41) is 1.50. The van der Waals surface area contributed by atoms with Crippen LogP contribution in [0.15, 0.2) is 67.8 Å². The fourth-order valence-electron chi connectivity index (χ4n) is 1.49. The van der Waals surface area contributed by atoms with E-state index in [4.69, 9.17) is 5.84 Å². The molecule has 0 unspecified atom stereocenters. The van der Waals surface area contributed by atoms with Gasteiger partial charge in [0.25, 0.3) is 0 Å². The van der Waals surface area contributed by atoms with Gasteiger partial charge in [-0.1, -0.05) is 18.7 Å². The van der Waals surface area contributed by atoms with Gasteiger partial charge in [-0.2, -0.15) is 0 Å². The number of anilines is 1. The zero-order chi connectivity index (χ0) is 12.8. The molecule has 90 valence electrons. The Morgan fingerprint density at radius 2 is 2.11 bits per heavy atom. The Labute approximate surface area is 106 Å². The Morgan fingerprint density at radius 3 is 2.72 bits per heavy atom. The first-order valence-electron chi connectivity index (χ1n) is 5.51. The quantitative estimate of drug-likeness (QED) is 0.505. The van der Waals surface area contributed by atoms with Gasteiger partial charge in [-0.15, -0.1) is 0 Å². The van der Waals surface area contributed by atoms with E-state index in [1.807, 2.05) is 30.3 Å². The first kappa shape index (κ1) is 12.0. The molecule has 0 atom stereocenters. The highest BCUT2D eigenvalue weighted by Crippen LogP contribution is 2.15. The number of rotatable bonds is 4. The van der Waals surface area contributed by atoms with E-state index in [0.29, 0.717) is 0 Å². The van der Waals surface area contributed by atoms with E-state index in [-0.39, 0.29) is 0 Å².